The van der Waals surface area contributed by atoms with Crippen LogP contribution in [-0.4, -0.2) is 15.9 Å². The fourth-order valence-electron chi connectivity index (χ4n) is 2.80. The number of hydrogen-bond acceptors (Lipinski definition) is 3. The van der Waals surface area contributed by atoms with E-state index in [2.05, 4.69) is 9.97 Å². The van der Waals surface area contributed by atoms with E-state index in [0.29, 0.717) is 5.56 Å². The molecule has 3 rings (SSSR count). The third-order valence-electron chi connectivity index (χ3n) is 3.97. The molecule has 2 heterocycles. The van der Waals surface area contributed by atoms with E-state index in [1.807, 2.05) is 29.7 Å². The van der Waals surface area contributed by atoms with Gasteiger partial charge in [-0.2, -0.15) is 13.2 Å². The molecule has 25 heavy (non-hydrogen) atoms. The molecule has 0 spiro atoms. The van der Waals surface area contributed by atoms with Crippen molar-refractivity contribution in [2.75, 3.05) is 0 Å². The van der Waals surface area contributed by atoms with Gasteiger partial charge in [0.2, 0.25) is 5.91 Å². The molecule has 0 aliphatic carbocycles. The van der Waals surface area contributed by atoms with Gasteiger partial charge in [-0.1, -0.05) is 24.3 Å². The van der Waals surface area contributed by atoms with Gasteiger partial charge in [-0.25, -0.2) is 10.8 Å². The molecule has 4 N–H and O–H groups in total. The first-order valence-electron chi connectivity index (χ1n) is 7.49. The lowest BCUT2D eigenvalue weighted by atomic mass is 9.91. The molecule has 0 radical (unpaired) electrons. The quantitative estimate of drug-likeness (QED) is 0.385. The molecule has 2 aromatic heterocycles. The lowest BCUT2D eigenvalue weighted by Gasteiger charge is -2.17. The molecule has 3 aromatic rings. The number of H-pyrrole nitrogens is 1. The van der Waals surface area contributed by atoms with Gasteiger partial charge < -0.3 is 4.98 Å². The largest absolute Gasteiger partial charge is 0.433 e. The van der Waals surface area contributed by atoms with E-state index in [9.17, 15) is 18.0 Å². The van der Waals surface area contributed by atoms with E-state index in [1.54, 1.807) is 6.20 Å². The van der Waals surface area contributed by atoms with Crippen LogP contribution in [-0.2, 0) is 11.0 Å². The number of alkyl halides is 3. The normalized spacial score (nSPS) is 13.0. The van der Waals surface area contributed by atoms with Crippen LogP contribution in [0, 0.1) is 0 Å². The zero-order valence-electron chi connectivity index (χ0n) is 13.0. The van der Waals surface area contributed by atoms with Gasteiger partial charge in [-0.3, -0.25) is 10.2 Å². The Bertz CT molecular complexity index is 904. The van der Waals surface area contributed by atoms with E-state index in [1.165, 1.54) is 12.1 Å². The van der Waals surface area contributed by atoms with Crippen molar-refractivity contribution in [1.82, 2.24) is 15.4 Å². The number of hydrogen-bond donors (Lipinski definition) is 3. The Morgan fingerprint density at radius 2 is 1.96 bits per heavy atom. The summed E-state index contributed by atoms with van der Waals surface area (Å²) in [5, 5.41) is 0.816. The van der Waals surface area contributed by atoms with Crippen LogP contribution in [0.3, 0.4) is 0 Å². The molecule has 0 saturated heterocycles. The van der Waals surface area contributed by atoms with E-state index >= 15 is 0 Å². The van der Waals surface area contributed by atoms with Crippen molar-refractivity contribution in [1.29, 1.82) is 0 Å². The number of pyridine rings is 1. The third-order valence-corrected chi connectivity index (χ3v) is 3.97. The summed E-state index contributed by atoms with van der Waals surface area (Å²) in [5.74, 6) is 4.00. The van der Waals surface area contributed by atoms with Gasteiger partial charge in [0, 0.05) is 35.1 Å². The van der Waals surface area contributed by atoms with Crippen LogP contribution in [0.5, 0.6) is 0 Å². The van der Waals surface area contributed by atoms with Gasteiger partial charge >= 0.3 is 6.18 Å². The molecular formula is C17H15F3N4O. The molecule has 1 aromatic carbocycles. The van der Waals surface area contributed by atoms with Crippen LogP contribution >= 0.6 is 0 Å². The third kappa shape index (κ3) is 3.48. The maximum atomic E-state index is 13.0. The fourth-order valence-corrected chi connectivity index (χ4v) is 2.80. The van der Waals surface area contributed by atoms with Gasteiger partial charge in [0.15, 0.2) is 0 Å². The summed E-state index contributed by atoms with van der Waals surface area (Å²) in [7, 11) is 0. The first kappa shape index (κ1) is 17.0. The number of nitrogens with one attached hydrogen (secondary N) is 2. The number of para-hydroxylation sites is 1. The van der Waals surface area contributed by atoms with Crippen molar-refractivity contribution in [2.45, 2.75) is 18.5 Å². The number of aromatic amines is 1. The zero-order valence-corrected chi connectivity index (χ0v) is 13.0. The molecule has 0 fully saturated rings. The first-order chi connectivity index (χ1) is 11.9. The number of amides is 1. The monoisotopic (exact) mass is 348 g/mol. The Balaban J connectivity index is 2.11. The Labute approximate surface area is 141 Å². The number of carbonyl (C=O) groups is 1. The highest BCUT2D eigenvalue weighted by Crippen LogP contribution is 2.34. The number of aromatic nitrogens is 2. The topological polar surface area (TPSA) is 83.8 Å². The van der Waals surface area contributed by atoms with Gasteiger partial charge in [-0.15, -0.1) is 0 Å². The summed E-state index contributed by atoms with van der Waals surface area (Å²) in [5.41, 5.74) is 2.69. The SMILES string of the molecule is NNC(=O)CC(c1cccc(C(F)(F)F)n1)c1c[nH]c2ccccc12. The van der Waals surface area contributed by atoms with Crippen molar-refractivity contribution in [2.24, 2.45) is 5.84 Å². The summed E-state index contributed by atoms with van der Waals surface area (Å²) in [4.78, 5) is 18.6. The van der Waals surface area contributed by atoms with Crippen LogP contribution < -0.4 is 11.3 Å². The second-order valence-electron chi connectivity index (χ2n) is 5.56. The van der Waals surface area contributed by atoms with E-state index < -0.39 is 23.7 Å². The summed E-state index contributed by atoms with van der Waals surface area (Å²) < 4.78 is 39.0. The van der Waals surface area contributed by atoms with E-state index in [0.717, 1.165) is 17.0 Å². The number of nitrogens with zero attached hydrogens (tertiary/aromatic N) is 1. The highest BCUT2D eigenvalue weighted by Gasteiger charge is 2.33. The van der Waals surface area contributed by atoms with Crippen LogP contribution in [0.4, 0.5) is 13.2 Å². The minimum absolute atomic E-state index is 0.118. The number of fused-ring (bicyclic) bond motifs is 1. The van der Waals surface area contributed by atoms with Crippen molar-refractivity contribution < 1.29 is 18.0 Å². The number of rotatable bonds is 4. The molecule has 0 aliphatic heterocycles. The fraction of sp³-hybridized carbons (Fsp3) is 0.176. The van der Waals surface area contributed by atoms with Gasteiger partial charge in [-0.05, 0) is 23.8 Å². The average molecular weight is 348 g/mol. The number of hydrazine groups is 1. The number of benzene rings is 1. The predicted octanol–water partition coefficient (Wildman–Crippen LogP) is 3.09. The van der Waals surface area contributed by atoms with Crippen molar-refractivity contribution in [3.05, 3.63) is 65.6 Å². The van der Waals surface area contributed by atoms with Gasteiger partial charge in [0.05, 0.1) is 0 Å². The molecule has 5 nitrogen and oxygen atoms in total. The second-order valence-corrected chi connectivity index (χ2v) is 5.56. The van der Waals surface area contributed by atoms with Crippen LogP contribution in [0.25, 0.3) is 10.9 Å². The van der Waals surface area contributed by atoms with Crippen molar-refractivity contribution >= 4 is 16.8 Å². The average Bonchev–Trinajstić information content (AvgIpc) is 3.02. The summed E-state index contributed by atoms with van der Waals surface area (Å²) in [6.45, 7) is 0. The van der Waals surface area contributed by atoms with Crippen molar-refractivity contribution in [3.8, 4) is 0 Å². The Morgan fingerprint density at radius 3 is 2.68 bits per heavy atom. The summed E-state index contributed by atoms with van der Waals surface area (Å²) >= 11 is 0. The number of carbonyl (C=O) groups excluding carboxylic acids is 1. The molecule has 130 valence electrons. The number of nitrogens with two attached hydrogens (primary N) is 1. The highest BCUT2D eigenvalue weighted by atomic mass is 19.4. The Hall–Kier alpha value is -2.87. The van der Waals surface area contributed by atoms with Gasteiger partial charge in [0.25, 0.3) is 0 Å². The lowest BCUT2D eigenvalue weighted by molar-refractivity contribution is -0.141. The van der Waals surface area contributed by atoms with Crippen LogP contribution in [0.1, 0.15) is 29.3 Å². The number of halogens is 3. The van der Waals surface area contributed by atoms with E-state index in [-0.39, 0.29) is 12.1 Å². The Morgan fingerprint density at radius 1 is 1.20 bits per heavy atom. The summed E-state index contributed by atoms with van der Waals surface area (Å²) in [6.07, 6.45) is -3.00. The minimum atomic E-state index is -4.56. The maximum Gasteiger partial charge on any atom is 0.433 e. The summed E-state index contributed by atoms with van der Waals surface area (Å²) in [6, 6.07) is 11.0. The molecule has 0 bridgehead atoms. The highest BCUT2D eigenvalue weighted by molar-refractivity contribution is 5.85. The maximum absolute atomic E-state index is 13.0. The van der Waals surface area contributed by atoms with Crippen LogP contribution in [0.15, 0.2) is 48.7 Å². The molecule has 0 aliphatic rings. The predicted molar refractivity (Wildman–Crippen MR) is 86.3 cm³/mol. The molecule has 1 atom stereocenters. The molecule has 1 unspecified atom stereocenters. The van der Waals surface area contributed by atoms with Crippen LogP contribution in [0.2, 0.25) is 0 Å². The van der Waals surface area contributed by atoms with Crippen molar-refractivity contribution in [3.63, 3.8) is 0 Å². The Kier molecular flexibility index (Phi) is 4.45. The first-order valence-corrected chi connectivity index (χ1v) is 7.49. The molecular weight excluding hydrogens is 333 g/mol. The zero-order chi connectivity index (χ0) is 18.0. The molecule has 1 amide bonds. The van der Waals surface area contributed by atoms with E-state index in [4.69, 9.17) is 5.84 Å². The molecule has 0 saturated carbocycles. The minimum Gasteiger partial charge on any atom is -0.361 e. The lowest BCUT2D eigenvalue weighted by Crippen LogP contribution is -2.31. The smallest absolute Gasteiger partial charge is 0.361 e. The molecule has 8 heteroatoms. The van der Waals surface area contributed by atoms with Gasteiger partial charge in [0.1, 0.15) is 5.69 Å². The second kappa shape index (κ2) is 6.56. The standard InChI is InChI=1S/C17H15F3N4O/c18-17(19,20)15-7-3-6-14(23-15)11(8-16(25)24-21)12-9-22-13-5-2-1-4-10(12)13/h1-7,9,11,22H,8,21H2,(H,24,25).